The molecule has 1 N–H and O–H groups in total. The molecule has 0 aromatic carbocycles. The molecule has 2 aromatic rings. The number of rotatable bonds is 2. The minimum Gasteiger partial charge on any atom is -0.328 e. The quantitative estimate of drug-likeness (QED) is 0.881. The molecule has 1 aliphatic carbocycles. The van der Waals surface area contributed by atoms with E-state index in [9.17, 15) is 4.79 Å². The number of aromatic nitrogens is 5. The van der Waals surface area contributed by atoms with E-state index in [2.05, 4.69) is 31.9 Å². The van der Waals surface area contributed by atoms with Crippen molar-refractivity contribution in [2.75, 3.05) is 6.54 Å². The summed E-state index contributed by atoms with van der Waals surface area (Å²) in [6.07, 6.45) is 3.94. The summed E-state index contributed by atoms with van der Waals surface area (Å²) >= 11 is 0. The van der Waals surface area contributed by atoms with Crippen LogP contribution in [-0.2, 0) is 32.4 Å². The van der Waals surface area contributed by atoms with Crippen LogP contribution < -0.4 is 0 Å². The molecule has 0 fully saturated rings. The highest BCUT2D eigenvalue weighted by Crippen LogP contribution is 2.24. The van der Waals surface area contributed by atoms with Crippen molar-refractivity contribution >= 4 is 5.91 Å². The molecule has 21 heavy (non-hydrogen) atoms. The highest BCUT2D eigenvalue weighted by Gasteiger charge is 2.29. The Bertz CT molecular complexity index is 700. The van der Waals surface area contributed by atoms with Gasteiger partial charge in [-0.2, -0.15) is 5.10 Å². The Kier molecular flexibility index (Phi) is 2.80. The number of fused-ring (bicyclic) bond motifs is 2. The van der Waals surface area contributed by atoms with Crippen LogP contribution in [0.5, 0.6) is 0 Å². The molecule has 0 bridgehead atoms. The minimum absolute atomic E-state index is 0.0155. The normalized spacial score (nSPS) is 16.9. The maximum atomic E-state index is 12.7. The molecule has 3 heterocycles. The summed E-state index contributed by atoms with van der Waals surface area (Å²) in [7, 11) is 0. The molecule has 0 spiro atoms. The zero-order valence-electron chi connectivity index (χ0n) is 12.1. The van der Waals surface area contributed by atoms with Crippen molar-refractivity contribution < 1.29 is 4.79 Å². The first-order valence-corrected chi connectivity index (χ1v) is 7.54. The monoisotopic (exact) mass is 286 g/mol. The smallest absolute Gasteiger partial charge is 0.275 e. The lowest BCUT2D eigenvalue weighted by Gasteiger charge is -2.27. The van der Waals surface area contributed by atoms with Gasteiger partial charge in [-0.3, -0.25) is 9.89 Å². The summed E-state index contributed by atoms with van der Waals surface area (Å²) in [6.45, 7) is 4.05. The lowest BCUT2D eigenvalue weighted by atomic mass is 10.1. The zero-order chi connectivity index (χ0) is 14.4. The van der Waals surface area contributed by atoms with Crippen molar-refractivity contribution in [3.63, 3.8) is 0 Å². The van der Waals surface area contributed by atoms with Crippen LogP contribution in [0.3, 0.4) is 0 Å². The van der Waals surface area contributed by atoms with E-state index >= 15 is 0 Å². The molecule has 2 aromatic heterocycles. The van der Waals surface area contributed by atoms with Crippen molar-refractivity contribution in [2.24, 2.45) is 0 Å². The van der Waals surface area contributed by atoms with Crippen LogP contribution in [0.15, 0.2) is 0 Å². The molecule has 1 amide bonds. The maximum absolute atomic E-state index is 12.7. The minimum atomic E-state index is 0.0155. The Morgan fingerprint density at radius 1 is 1.29 bits per heavy atom. The van der Waals surface area contributed by atoms with Gasteiger partial charge in [-0.15, -0.1) is 10.2 Å². The van der Waals surface area contributed by atoms with Crippen LogP contribution in [0.1, 0.15) is 46.7 Å². The molecule has 7 heteroatoms. The van der Waals surface area contributed by atoms with E-state index in [1.165, 1.54) is 0 Å². The standard InChI is InChI=1S/C14H18N6O/c1-2-11-16-17-12-8-19(6-7-20(11)12)14(21)13-9-4-3-5-10(9)15-18-13/h2-8H2,1H3,(H,15,18). The van der Waals surface area contributed by atoms with Gasteiger partial charge in [0, 0.05) is 30.8 Å². The number of hydrogen-bond donors (Lipinski definition) is 1. The lowest BCUT2D eigenvalue weighted by molar-refractivity contribution is 0.0699. The topological polar surface area (TPSA) is 79.7 Å². The third-order valence-corrected chi connectivity index (χ3v) is 4.44. The van der Waals surface area contributed by atoms with E-state index < -0.39 is 0 Å². The number of carbonyl (C=O) groups excluding carboxylic acids is 1. The van der Waals surface area contributed by atoms with Crippen LogP contribution in [0.2, 0.25) is 0 Å². The zero-order valence-corrected chi connectivity index (χ0v) is 12.1. The molecule has 110 valence electrons. The van der Waals surface area contributed by atoms with E-state index in [1.54, 1.807) is 0 Å². The Hall–Kier alpha value is -2.18. The molecule has 0 saturated heterocycles. The molecule has 0 saturated carbocycles. The third-order valence-electron chi connectivity index (χ3n) is 4.44. The van der Waals surface area contributed by atoms with Gasteiger partial charge < -0.3 is 9.47 Å². The molecule has 0 atom stereocenters. The molecule has 0 unspecified atom stereocenters. The second-order valence-corrected chi connectivity index (χ2v) is 5.65. The Morgan fingerprint density at radius 3 is 3.05 bits per heavy atom. The van der Waals surface area contributed by atoms with Crippen molar-refractivity contribution in [2.45, 2.75) is 45.7 Å². The molecule has 1 aliphatic heterocycles. The van der Waals surface area contributed by atoms with Gasteiger partial charge in [-0.1, -0.05) is 6.92 Å². The second-order valence-electron chi connectivity index (χ2n) is 5.65. The Balaban J connectivity index is 1.59. The van der Waals surface area contributed by atoms with E-state index in [0.717, 1.165) is 55.1 Å². The lowest BCUT2D eigenvalue weighted by Crippen LogP contribution is -2.39. The molecule has 7 nitrogen and oxygen atoms in total. The molecule has 4 rings (SSSR count). The summed E-state index contributed by atoms with van der Waals surface area (Å²) in [5.74, 6) is 1.89. The number of nitrogens with one attached hydrogen (secondary N) is 1. The van der Waals surface area contributed by atoms with E-state index in [1.807, 2.05) is 4.90 Å². The first-order valence-electron chi connectivity index (χ1n) is 7.54. The summed E-state index contributed by atoms with van der Waals surface area (Å²) in [4.78, 5) is 14.5. The van der Waals surface area contributed by atoms with Gasteiger partial charge >= 0.3 is 0 Å². The average Bonchev–Trinajstić information content (AvgIpc) is 3.20. The predicted molar refractivity (Wildman–Crippen MR) is 74.8 cm³/mol. The van der Waals surface area contributed by atoms with Gasteiger partial charge in [0.05, 0.1) is 6.54 Å². The summed E-state index contributed by atoms with van der Waals surface area (Å²) in [6, 6.07) is 0. The van der Waals surface area contributed by atoms with Gasteiger partial charge in [-0.05, 0) is 19.3 Å². The highest BCUT2D eigenvalue weighted by molar-refractivity contribution is 5.94. The van der Waals surface area contributed by atoms with E-state index in [4.69, 9.17) is 0 Å². The number of carbonyl (C=O) groups is 1. The van der Waals surface area contributed by atoms with Crippen LogP contribution in [-0.4, -0.2) is 42.3 Å². The van der Waals surface area contributed by atoms with Gasteiger partial charge in [-0.25, -0.2) is 0 Å². The van der Waals surface area contributed by atoms with Gasteiger partial charge in [0.1, 0.15) is 5.82 Å². The molecular formula is C14H18N6O. The number of H-pyrrole nitrogens is 1. The molecule has 0 radical (unpaired) electrons. The molecular weight excluding hydrogens is 268 g/mol. The van der Waals surface area contributed by atoms with Crippen molar-refractivity contribution in [1.29, 1.82) is 0 Å². The summed E-state index contributed by atoms with van der Waals surface area (Å²) in [5.41, 5.74) is 2.85. The average molecular weight is 286 g/mol. The first-order chi connectivity index (χ1) is 10.3. The number of amides is 1. The fourth-order valence-corrected chi connectivity index (χ4v) is 3.30. The summed E-state index contributed by atoms with van der Waals surface area (Å²) < 4.78 is 2.12. The number of nitrogens with zero attached hydrogens (tertiary/aromatic N) is 5. The fraction of sp³-hybridized carbons (Fsp3) is 0.571. The molecule has 2 aliphatic rings. The van der Waals surface area contributed by atoms with Crippen LogP contribution >= 0.6 is 0 Å². The van der Waals surface area contributed by atoms with Gasteiger partial charge in [0.25, 0.3) is 5.91 Å². The summed E-state index contributed by atoms with van der Waals surface area (Å²) in [5, 5.41) is 15.6. The van der Waals surface area contributed by atoms with Gasteiger partial charge in [0.2, 0.25) is 0 Å². The number of aryl methyl sites for hydroxylation is 2. The van der Waals surface area contributed by atoms with Crippen LogP contribution in [0.25, 0.3) is 0 Å². The highest BCUT2D eigenvalue weighted by atomic mass is 16.2. The van der Waals surface area contributed by atoms with Crippen molar-refractivity contribution in [3.8, 4) is 0 Å². The first kappa shape index (κ1) is 12.6. The van der Waals surface area contributed by atoms with E-state index in [-0.39, 0.29) is 5.91 Å². The van der Waals surface area contributed by atoms with E-state index in [0.29, 0.717) is 18.8 Å². The maximum Gasteiger partial charge on any atom is 0.275 e. The van der Waals surface area contributed by atoms with Crippen molar-refractivity contribution in [1.82, 2.24) is 29.9 Å². The van der Waals surface area contributed by atoms with Crippen LogP contribution in [0.4, 0.5) is 0 Å². The number of aromatic amines is 1. The SMILES string of the molecule is CCc1nnc2n1CCN(C(=O)c1n[nH]c3c1CCC3)C2. The second kappa shape index (κ2) is 4.68. The predicted octanol–water partition coefficient (Wildman–Crippen LogP) is 0.708. The van der Waals surface area contributed by atoms with Crippen LogP contribution in [0, 0.1) is 0 Å². The van der Waals surface area contributed by atoms with Crippen molar-refractivity contribution in [3.05, 3.63) is 28.6 Å². The van der Waals surface area contributed by atoms with Gasteiger partial charge in [0.15, 0.2) is 11.5 Å². The Morgan fingerprint density at radius 2 is 2.19 bits per heavy atom. The number of hydrogen-bond acceptors (Lipinski definition) is 4. The fourth-order valence-electron chi connectivity index (χ4n) is 3.30. The largest absolute Gasteiger partial charge is 0.328 e. The third kappa shape index (κ3) is 1.87. The Labute approximate surface area is 122 Å².